The van der Waals surface area contributed by atoms with E-state index in [1.165, 1.54) is 13.2 Å². The van der Waals surface area contributed by atoms with Gasteiger partial charge in [-0.3, -0.25) is 4.79 Å². The Bertz CT molecular complexity index is 1010. The monoisotopic (exact) mass is 608 g/mol. The first kappa shape index (κ1) is 23.5. The summed E-state index contributed by atoms with van der Waals surface area (Å²) in [6.45, 7) is -0.244. The van der Waals surface area contributed by atoms with E-state index in [9.17, 15) is 14.9 Å². The molecular formula is C19H12BrCl2IN2O4. The minimum Gasteiger partial charge on any atom is -0.480 e. The van der Waals surface area contributed by atoms with E-state index < -0.39 is 11.9 Å². The Hall–Kier alpha value is -1.80. The van der Waals surface area contributed by atoms with Crippen LogP contribution in [0.5, 0.6) is 5.75 Å². The number of carbonyl (C=O) groups excluding carboxylic acids is 2. The molecule has 0 bridgehead atoms. The van der Waals surface area contributed by atoms with Crippen LogP contribution in [0.2, 0.25) is 10.0 Å². The van der Waals surface area contributed by atoms with Crippen LogP contribution in [0, 0.1) is 14.9 Å². The van der Waals surface area contributed by atoms with E-state index in [4.69, 9.17) is 27.9 Å². The van der Waals surface area contributed by atoms with Crippen molar-refractivity contribution in [2.24, 2.45) is 0 Å². The van der Waals surface area contributed by atoms with Gasteiger partial charge in [-0.1, -0.05) is 29.3 Å². The van der Waals surface area contributed by atoms with E-state index in [1.807, 2.05) is 28.7 Å². The topological polar surface area (TPSA) is 88.4 Å². The minimum absolute atomic E-state index is 0.132. The molecule has 0 unspecified atom stereocenters. The van der Waals surface area contributed by atoms with Crippen LogP contribution >= 0.6 is 61.7 Å². The lowest BCUT2D eigenvalue weighted by molar-refractivity contribution is -0.142. The molecule has 2 rings (SSSR count). The molecule has 1 amide bonds. The largest absolute Gasteiger partial charge is 0.480 e. The molecule has 0 spiro atoms. The van der Waals surface area contributed by atoms with Crippen molar-refractivity contribution in [2.75, 3.05) is 19.0 Å². The first-order valence-corrected chi connectivity index (χ1v) is 10.5. The predicted molar refractivity (Wildman–Crippen MR) is 123 cm³/mol. The lowest BCUT2D eigenvalue weighted by Gasteiger charge is -2.11. The highest BCUT2D eigenvalue weighted by atomic mass is 127. The molecule has 29 heavy (non-hydrogen) atoms. The average molecular weight is 610 g/mol. The van der Waals surface area contributed by atoms with E-state index in [1.54, 1.807) is 30.3 Å². The standard InChI is InChI=1S/C19H12BrCl2IN2O4/c1-28-16(26)9-29-18-12(20)6-10(7-14(18)23)5-11(8-24)19(27)25-15-4-2-3-13(21)17(15)22/h2-7H,9H2,1H3,(H,25,27)/b11-5-. The number of nitrogens with one attached hydrogen (secondary N) is 1. The number of amides is 1. The molecule has 0 saturated carbocycles. The fourth-order valence-electron chi connectivity index (χ4n) is 2.10. The smallest absolute Gasteiger partial charge is 0.343 e. The van der Waals surface area contributed by atoms with E-state index >= 15 is 0 Å². The number of nitriles is 1. The number of anilines is 1. The van der Waals surface area contributed by atoms with Crippen LogP contribution in [0.3, 0.4) is 0 Å². The predicted octanol–water partition coefficient (Wildman–Crippen LogP) is 5.46. The number of carbonyl (C=O) groups is 2. The zero-order valence-electron chi connectivity index (χ0n) is 14.8. The molecular weight excluding hydrogens is 598 g/mol. The summed E-state index contributed by atoms with van der Waals surface area (Å²) in [5, 5.41) is 12.4. The van der Waals surface area contributed by atoms with Crippen molar-refractivity contribution in [3.05, 3.63) is 59.6 Å². The third-order valence-electron chi connectivity index (χ3n) is 3.46. The van der Waals surface area contributed by atoms with Crippen molar-refractivity contribution in [1.29, 1.82) is 5.26 Å². The van der Waals surface area contributed by atoms with Crippen LogP contribution in [0.15, 0.2) is 40.4 Å². The highest BCUT2D eigenvalue weighted by molar-refractivity contribution is 14.1. The van der Waals surface area contributed by atoms with Gasteiger partial charge in [0.1, 0.15) is 17.4 Å². The number of nitrogens with zero attached hydrogens (tertiary/aromatic N) is 1. The summed E-state index contributed by atoms with van der Waals surface area (Å²) in [4.78, 5) is 23.7. The van der Waals surface area contributed by atoms with Crippen molar-refractivity contribution >= 4 is 85.4 Å². The van der Waals surface area contributed by atoms with Crippen molar-refractivity contribution < 1.29 is 19.1 Å². The molecule has 0 atom stereocenters. The van der Waals surface area contributed by atoms with Crippen LogP contribution in [0.4, 0.5) is 5.69 Å². The normalized spacial score (nSPS) is 10.8. The Balaban J connectivity index is 2.26. The molecule has 0 aromatic heterocycles. The van der Waals surface area contributed by atoms with Gasteiger partial charge in [0.15, 0.2) is 6.61 Å². The average Bonchev–Trinajstić information content (AvgIpc) is 2.68. The Kier molecular flexibility index (Phi) is 8.77. The fourth-order valence-corrected chi connectivity index (χ4v) is 4.21. The van der Waals surface area contributed by atoms with Gasteiger partial charge in [-0.15, -0.1) is 0 Å². The highest BCUT2D eigenvalue weighted by Gasteiger charge is 2.15. The maximum atomic E-state index is 12.5. The van der Waals surface area contributed by atoms with E-state index in [0.717, 1.165) is 0 Å². The van der Waals surface area contributed by atoms with Gasteiger partial charge in [0.2, 0.25) is 0 Å². The summed E-state index contributed by atoms with van der Waals surface area (Å²) in [5.74, 6) is -0.699. The van der Waals surface area contributed by atoms with Gasteiger partial charge in [0.25, 0.3) is 5.91 Å². The number of esters is 1. The molecule has 0 heterocycles. The van der Waals surface area contributed by atoms with E-state index in [2.05, 4.69) is 26.0 Å². The Morgan fingerprint density at radius 2 is 2.07 bits per heavy atom. The van der Waals surface area contributed by atoms with Crippen LogP contribution in [-0.4, -0.2) is 25.6 Å². The zero-order valence-corrected chi connectivity index (χ0v) is 20.0. The molecule has 2 aromatic carbocycles. The molecule has 0 radical (unpaired) electrons. The second-order valence-corrected chi connectivity index (χ2v) is 8.21. The Labute approximate surface area is 199 Å². The summed E-state index contributed by atoms with van der Waals surface area (Å²) in [5.41, 5.74) is 0.746. The molecule has 0 aliphatic carbocycles. The first-order valence-electron chi connectivity index (χ1n) is 7.82. The number of halogens is 4. The summed E-state index contributed by atoms with van der Waals surface area (Å²) in [7, 11) is 1.27. The molecule has 0 aliphatic rings. The number of rotatable bonds is 6. The number of methoxy groups -OCH3 is 1. The van der Waals surface area contributed by atoms with Gasteiger partial charge >= 0.3 is 5.97 Å². The Morgan fingerprint density at radius 3 is 2.69 bits per heavy atom. The number of hydrogen-bond donors (Lipinski definition) is 1. The van der Waals surface area contributed by atoms with Crippen molar-refractivity contribution in [1.82, 2.24) is 0 Å². The summed E-state index contributed by atoms with van der Waals surface area (Å²) >= 11 is 17.4. The van der Waals surface area contributed by atoms with Gasteiger partial charge < -0.3 is 14.8 Å². The number of benzene rings is 2. The van der Waals surface area contributed by atoms with Gasteiger partial charge in [-0.05, 0) is 74.4 Å². The third-order valence-corrected chi connectivity index (χ3v) is 5.67. The SMILES string of the molecule is COC(=O)COc1c(Br)cc(/C=C(/C#N)C(=O)Nc2cccc(Cl)c2Cl)cc1I. The molecule has 2 aromatic rings. The number of hydrogen-bond acceptors (Lipinski definition) is 5. The van der Waals surface area contributed by atoms with Crippen LogP contribution in [0.25, 0.3) is 6.08 Å². The summed E-state index contributed by atoms with van der Waals surface area (Å²) in [6.07, 6.45) is 1.42. The molecule has 150 valence electrons. The van der Waals surface area contributed by atoms with Gasteiger partial charge in [-0.2, -0.15) is 5.26 Å². The second kappa shape index (κ2) is 10.8. The number of ether oxygens (including phenoxy) is 2. The highest BCUT2D eigenvalue weighted by Crippen LogP contribution is 2.33. The lowest BCUT2D eigenvalue weighted by Crippen LogP contribution is -2.14. The van der Waals surface area contributed by atoms with Crippen LogP contribution in [-0.2, 0) is 14.3 Å². The molecule has 10 heteroatoms. The van der Waals surface area contributed by atoms with Crippen molar-refractivity contribution in [3.8, 4) is 11.8 Å². The van der Waals surface area contributed by atoms with E-state index in [-0.39, 0.29) is 22.2 Å². The minimum atomic E-state index is -0.631. The zero-order chi connectivity index (χ0) is 21.6. The summed E-state index contributed by atoms with van der Waals surface area (Å²) < 4.78 is 11.2. The molecule has 0 fully saturated rings. The maximum Gasteiger partial charge on any atom is 0.343 e. The van der Waals surface area contributed by atoms with Crippen LogP contribution in [0.1, 0.15) is 5.56 Å². The Morgan fingerprint density at radius 1 is 1.34 bits per heavy atom. The van der Waals surface area contributed by atoms with Gasteiger partial charge in [0, 0.05) is 0 Å². The molecule has 6 nitrogen and oxygen atoms in total. The van der Waals surface area contributed by atoms with Gasteiger partial charge in [0.05, 0.1) is 30.9 Å². The van der Waals surface area contributed by atoms with Gasteiger partial charge in [-0.25, -0.2) is 4.79 Å². The maximum absolute atomic E-state index is 12.5. The molecule has 0 saturated heterocycles. The first-order chi connectivity index (χ1) is 13.8. The van der Waals surface area contributed by atoms with E-state index in [0.29, 0.717) is 25.0 Å². The third kappa shape index (κ3) is 6.34. The summed E-state index contributed by atoms with van der Waals surface area (Å²) in [6, 6.07) is 10.0. The fraction of sp³-hybridized carbons (Fsp3) is 0.105. The van der Waals surface area contributed by atoms with Crippen molar-refractivity contribution in [3.63, 3.8) is 0 Å². The second-order valence-electron chi connectivity index (χ2n) is 5.40. The lowest BCUT2D eigenvalue weighted by atomic mass is 10.1. The van der Waals surface area contributed by atoms with Crippen LogP contribution < -0.4 is 10.1 Å². The quantitative estimate of drug-likeness (QED) is 0.203. The molecule has 0 aliphatic heterocycles. The van der Waals surface area contributed by atoms with Crippen molar-refractivity contribution in [2.45, 2.75) is 0 Å². The molecule has 1 N–H and O–H groups in total.